The Kier molecular flexibility index (Phi) is 9.76. The SMILES string of the molecule is CCCCCC1CCCC(=Cc2ccc(F)cc2)C1=NOCCN1CCN(c2ccccc2)CC1. The van der Waals surface area contributed by atoms with Crippen molar-refractivity contribution >= 4 is 17.5 Å². The van der Waals surface area contributed by atoms with Crippen molar-refractivity contribution in [2.24, 2.45) is 11.1 Å². The fraction of sp³-hybridized carbons (Fsp3) is 0.500. The third kappa shape index (κ3) is 7.66. The number of anilines is 1. The van der Waals surface area contributed by atoms with Gasteiger partial charge >= 0.3 is 0 Å². The van der Waals surface area contributed by atoms with Crippen molar-refractivity contribution in [3.8, 4) is 0 Å². The van der Waals surface area contributed by atoms with E-state index < -0.39 is 0 Å². The lowest BCUT2D eigenvalue weighted by Crippen LogP contribution is -2.47. The molecule has 5 heteroatoms. The number of allylic oxidation sites excluding steroid dienone is 1. The normalized spacial score (nSPS) is 21.5. The maximum absolute atomic E-state index is 13.4. The molecule has 0 aromatic heterocycles. The molecule has 1 saturated heterocycles. The highest BCUT2D eigenvalue weighted by molar-refractivity contribution is 6.05. The van der Waals surface area contributed by atoms with Crippen LogP contribution in [0.3, 0.4) is 0 Å². The molecule has 1 aliphatic heterocycles. The lowest BCUT2D eigenvalue weighted by molar-refractivity contribution is 0.106. The van der Waals surface area contributed by atoms with Gasteiger partial charge in [-0.05, 0) is 67.2 Å². The summed E-state index contributed by atoms with van der Waals surface area (Å²) in [7, 11) is 0. The molecule has 2 aromatic carbocycles. The number of nitrogens with zero attached hydrogens (tertiary/aromatic N) is 3. The van der Waals surface area contributed by atoms with Gasteiger partial charge in [-0.25, -0.2) is 4.39 Å². The Morgan fingerprint density at radius 1 is 1.00 bits per heavy atom. The van der Waals surface area contributed by atoms with Crippen LogP contribution in [-0.4, -0.2) is 49.9 Å². The van der Waals surface area contributed by atoms with Gasteiger partial charge in [0.2, 0.25) is 0 Å². The van der Waals surface area contributed by atoms with Crippen molar-refractivity contribution in [2.45, 2.75) is 51.9 Å². The van der Waals surface area contributed by atoms with Gasteiger partial charge in [0.1, 0.15) is 12.4 Å². The molecule has 1 heterocycles. The van der Waals surface area contributed by atoms with Crippen LogP contribution in [-0.2, 0) is 4.84 Å². The predicted molar refractivity (Wildman–Crippen MR) is 144 cm³/mol. The van der Waals surface area contributed by atoms with Gasteiger partial charge < -0.3 is 9.74 Å². The van der Waals surface area contributed by atoms with E-state index >= 15 is 0 Å². The van der Waals surface area contributed by atoms with E-state index in [1.807, 2.05) is 12.1 Å². The minimum atomic E-state index is -0.199. The number of piperazine rings is 1. The van der Waals surface area contributed by atoms with Gasteiger partial charge in [0, 0.05) is 44.3 Å². The Labute approximate surface area is 210 Å². The molecule has 0 amide bonds. The molecule has 0 N–H and O–H groups in total. The number of para-hydroxylation sites is 1. The third-order valence-electron chi connectivity index (χ3n) is 7.24. The van der Waals surface area contributed by atoms with Crippen LogP contribution < -0.4 is 4.90 Å². The lowest BCUT2D eigenvalue weighted by atomic mass is 9.80. The first-order valence-electron chi connectivity index (χ1n) is 13.4. The van der Waals surface area contributed by atoms with E-state index in [-0.39, 0.29) is 5.82 Å². The van der Waals surface area contributed by atoms with Crippen LogP contribution in [0.5, 0.6) is 0 Å². The number of benzene rings is 2. The van der Waals surface area contributed by atoms with Crippen LogP contribution in [0.2, 0.25) is 0 Å². The third-order valence-corrected chi connectivity index (χ3v) is 7.24. The van der Waals surface area contributed by atoms with Crippen molar-refractivity contribution in [3.05, 3.63) is 71.6 Å². The summed E-state index contributed by atoms with van der Waals surface area (Å²) in [6.45, 7) is 7.94. The van der Waals surface area contributed by atoms with Crippen LogP contribution in [0.25, 0.3) is 6.08 Å². The van der Waals surface area contributed by atoms with E-state index in [0.717, 1.165) is 56.8 Å². The smallest absolute Gasteiger partial charge is 0.129 e. The topological polar surface area (TPSA) is 28.1 Å². The summed E-state index contributed by atoms with van der Waals surface area (Å²) in [5, 5.41) is 4.72. The first-order valence-corrected chi connectivity index (χ1v) is 13.4. The fourth-order valence-corrected chi connectivity index (χ4v) is 5.18. The average molecular weight is 478 g/mol. The highest BCUT2D eigenvalue weighted by Crippen LogP contribution is 2.31. The summed E-state index contributed by atoms with van der Waals surface area (Å²) in [6.07, 6.45) is 10.4. The molecule has 4 nitrogen and oxygen atoms in total. The molecule has 2 aromatic rings. The predicted octanol–water partition coefficient (Wildman–Crippen LogP) is 6.78. The van der Waals surface area contributed by atoms with E-state index in [0.29, 0.717) is 12.5 Å². The Hall–Kier alpha value is -2.66. The van der Waals surface area contributed by atoms with Gasteiger partial charge in [0.25, 0.3) is 0 Å². The molecule has 0 radical (unpaired) electrons. The van der Waals surface area contributed by atoms with Crippen LogP contribution in [0.15, 0.2) is 65.3 Å². The molecule has 0 spiro atoms. The molecular weight excluding hydrogens is 437 g/mol. The van der Waals surface area contributed by atoms with Crippen molar-refractivity contribution in [1.29, 1.82) is 0 Å². The highest BCUT2D eigenvalue weighted by atomic mass is 19.1. The molecule has 0 bridgehead atoms. The molecule has 2 fully saturated rings. The van der Waals surface area contributed by atoms with Gasteiger partial charge in [-0.1, -0.05) is 61.7 Å². The van der Waals surface area contributed by atoms with Crippen molar-refractivity contribution < 1.29 is 9.23 Å². The maximum atomic E-state index is 13.4. The second-order valence-corrected chi connectivity index (χ2v) is 9.78. The summed E-state index contributed by atoms with van der Waals surface area (Å²) >= 11 is 0. The Bertz CT molecular complexity index is 949. The van der Waals surface area contributed by atoms with Crippen molar-refractivity contribution in [1.82, 2.24) is 4.90 Å². The van der Waals surface area contributed by atoms with Crippen LogP contribution >= 0.6 is 0 Å². The van der Waals surface area contributed by atoms with Crippen LogP contribution in [0.4, 0.5) is 10.1 Å². The zero-order valence-corrected chi connectivity index (χ0v) is 21.2. The van der Waals surface area contributed by atoms with Gasteiger partial charge in [-0.2, -0.15) is 0 Å². The molecule has 188 valence electrons. The maximum Gasteiger partial charge on any atom is 0.129 e. The summed E-state index contributed by atoms with van der Waals surface area (Å²) in [5.41, 5.74) is 4.70. The number of unbranched alkanes of at least 4 members (excludes halogenated alkanes) is 2. The van der Waals surface area contributed by atoms with Crippen molar-refractivity contribution in [2.75, 3.05) is 44.2 Å². The number of rotatable bonds is 10. The monoisotopic (exact) mass is 477 g/mol. The quantitative estimate of drug-likeness (QED) is 0.279. The summed E-state index contributed by atoms with van der Waals surface area (Å²) < 4.78 is 13.4. The standard InChI is InChI=1S/C30H40FN3O/c1-2-3-5-9-26-10-8-11-27(24-25-14-16-28(31)17-15-25)30(26)32-35-23-22-33-18-20-34(21-19-33)29-12-6-4-7-13-29/h4,6-7,12-17,24,26H,2-3,5,8-11,18-23H2,1H3. The second kappa shape index (κ2) is 13.4. The van der Waals surface area contributed by atoms with Gasteiger partial charge in [0.05, 0.1) is 5.71 Å². The molecule has 2 aliphatic rings. The van der Waals surface area contributed by atoms with Crippen LogP contribution in [0.1, 0.15) is 57.4 Å². The fourth-order valence-electron chi connectivity index (χ4n) is 5.18. The second-order valence-electron chi connectivity index (χ2n) is 9.78. The summed E-state index contributed by atoms with van der Waals surface area (Å²) in [6, 6.07) is 17.4. The first-order chi connectivity index (χ1) is 17.2. The lowest BCUT2D eigenvalue weighted by Gasteiger charge is -2.35. The molecule has 1 unspecified atom stereocenters. The molecule has 1 saturated carbocycles. The minimum Gasteiger partial charge on any atom is -0.394 e. The number of halogens is 1. The van der Waals surface area contributed by atoms with Gasteiger partial charge in [-0.3, -0.25) is 4.90 Å². The highest BCUT2D eigenvalue weighted by Gasteiger charge is 2.25. The Morgan fingerprint density at radius 2 is 1.77 bits per heavy atom. The average Bonchev–Trinajstić information content (AvgIpc) is 2.90. The van der Waals surface area contributed by atoms with Gasteiger partial charge in [-0.15, -0.1) is 0 Å². The Balaban J connectivity index is 1.34. The summed E-state index contributed by atoms with van der Waals surface area (Å²) in [5.74, 6) is 0.256. The van der Waals surface area contributed by atoms with E-state index in [1.54, 1.807) is 0 Å². The molecule has 1 atom stereocenters. The van der Waals surface area contributed by atoms with Gasteiger partial charge in [0.15, 0.2) is 0 Å². The zero-order chi connectivity index (χ0) is 24.3. The number of hydrogen-bond acceptors (Lipinski definition) is 4. The Morgan fingerprint density at radius 3 is 2.51 bits per heavy atom. The molecule has 35 heavy (non-hydrogen) atoms. The van der Waals surface area contributed by atoms with E-state index in [9.17, 15) is 4.39 Å². The molecule has 1 aliphatic carbocycles. The van der Waals surface area contributed by atoms with E-state index in [1.165, 1.54) is 55.5 Å². The first kappa shape index (κ1) is 25.4. The largest absolute Gasteiger partial charge is 0.394 e. The number of hydrogen-bond donors (Lipinski definition) is 0. The van der Waals surface area contributed by atoms with Crippen LogP contribution in [0, 0.1) is 11.7 Å². The van der Waals surface area contributed by atoms with E-state index in [2.05, 4.69) is 53.1 Å². The minimum absolute atomic E-state index is 0.199. The summed E-state index contributed by atoms with van der Waals surface area (Å²) in [4.78, 5) is 10.9. The molecule has 4 rings (SSSR count). The molecular formula is C30H40FN3O. The van der Waals surface area contributed by atoms with Crippen molar-refractivity contribution in [3.63, 3.8) is 0 Å². The van der Waals surface area contributed by atoms with E-state index in [4.69, 9.17) is 9.99 Å². The number of oxime groups is 1. The zero-order valence-electron chi connectivity index (χ0n) is 21.2.